The van der Waals surface area contributed by atoms with Crippen molar-refractivity contribution in [2.24, 2.45) is 5.92 Å². The highest BCUT2D eigenvalue weighted by Gasteiger charge is 2.10. The minimum absolute atomic E-state index is 0.00417. The summed E-state index contributed by atoms with van der Waals surface area (Å²) in [5.74, 6) is 2.05. The Morgan fingerprint density at radius 1 is 1.09 bits per heavy atom. The first-order valence-corrected chi connectivity index (χ1v) is 7.35. The average Bonchev–Trinajstić information content (AvgIpc) is 2.56. The highest BCUT2D eigenvalue weighted by atomic mass is 16.5. The minimum atomic E-state index is 0.00417. The predicted octanol–water partition coefficient (Wildman–Crippen LogP) is 4.47. The van der Waals surface area contributed by atoms with Crippen LogP contribution in [0.4, 0.5) is 5.69 Å². The van der Waals surface area contributed by atoms with Crippen LogP contribution in [0.25, 0.3) is 0 Å². The highest BCUT2D eigenvalue weighted by molar-refractivity contribution is 5.92. The summed E-state index contributed by atoms with van der Waals surface area (Å²) in [4.78, 5) is 11.8. The summed E-state index contributed by atoms with van der Waals surface area (Å²) in [6, 6.07) is 14.7. The molecule has 2 rings (SSSR count). The minimum Gasteiger partial charge on any atom is -0.493 e. The molecule has 0 heterocycles. The van der Waals surface area contributed by atoms with E-state index >= 15 is 0 Å². The largest absolute Gasteiger partial charge is 0.493 e. The Morgan fingerprint density at radius 2 is 1.73 bits per heavy atom. The van der Waals surface area contributed by atoms with Crippen LogP contribution in [-0.4, -0.2) is 13.0 Å². The SMILES string of the molecule is CC[C@@H](C)C(=O)Nc1ccc(Oc2ccccc2OC)cc1. The number of ether oxygens (including phenoxy) is 2. The first-order valence-electron chi connectivity index (χ1n) is 7.35. The maximum atomic E-state index is 11.8. The van der Waals surface area contributed by atoms with Gasteiger partial charge < -0.3 is 14.8 Å². The van der Waals surface area contributed by atoms with Crippen LogP contribution in [-0.2, 0) is 4.79 Å². The van der Waals surface area contributed by atoms with E-state index in [1.807, 2.05) is 62.4 Å². The molecule has 0 saturated carbocycles. The molecule has 0 unspecified atom stereocenters. The number of methoxy groups -OCH3 is 1. The summed E-state index contributed by atoms with van der Waals surface area (Å²) in [5, 5.41) is 2.89. The average molecular weight is 299 g/mol. The third-order valence-electron chi connectivity index (χ3n) is 3.48. The van der Waals surface area contributed by atoms with E-state index in [-0.39, 0.29) is 11.8 Å². The number of carbonyl (C=O) groups excluding carboxylic acids is 1. The Hall–Kier alpha value is -2.49. The van der Waals surface area contributed by atoms with E-state index in [1.165, 1.54) is 0 Å². The van der Waals surface area contributed by atoms with Gasteiger partial charge in [-0.05, 0) is 42.8 Å². The van der Waals surface area contributed by atoms with Crippen molar-refractivity contribution in [2.45, 2.75) is 20.3 Å². The Labute approximate surface area is 131 Å². The van der Waals surface area contributed by atoms with Crippen molar-refractivity contribution in [3.05, 3.63) is 48.5 Å². The number of nitrogens with one attached hydrogen (secondary N) is 1. The van der Waals surface area contributed by atoms with Gasteiger partial charge in [-0.15, -0.1) is 0 Å². The summed E-state index contributed by atoms with van der Waals surface area (Å²) in [6.07, 6.45) is 0.820. The molecule has 2 aromatic rings. The van der Waals surface area contributed by atoms with Crippen LogP contribution < -0.4 is 14.8 Å². The number of hydrogen-bond donors (Lipinski definition) is 1. The molecule has 1 N–H and O–H groups in total. The molecule has 2 aromatic carbocycles. The van der Waals surface area contributed by atoms with Gasteiger partial charge in [-0.2, -0.15) is 0 Å². The van der Waals surface area contributed by atoms with Gasteiger partial charge in [0.05, 0.1) is 7.11 Å². The molecular formula is C18H21NO3. The van der Waals surface area contributed by atoms with E-state index in [1.54, 1.807) is 7.11 Å². The topological polar surface area (TPSA) is 47.6 Å². The van der Waals surface area contributed by atoms with Crippen LogP contribution in [0.2, 0.25) is 0 Å². The van der Waals surface area contributed by atoms with Crippen molar-refractivity contribution >= 4 is 11.6 Å². The lowest BCUT2D eigenvalue weighted by atomic mass is 10.1. The molecule has 4 heteroatoms. The van der Waals surface area contributed by atoms with E-state index in [2.05, 4.69) is 5.32 Å². The Morgan fingerprint density at radius 3 is 2.32 bits per heavy atom. The highest BCUT2D eigenvalue weighted by Crippen LogP contribution is 2.31. The van der Waals surface area contributed by atoms with Gasteiger partial charge >= 0.3 is 0 Å². The number of anilines is 1. The van der Waals surface area contributed by atoms with E-state index < -0.39 is 0 Å². The number of para-hydroxylation sites is 2. The summed E-state index contributed by atoms with van der Waals surface area (Å²) in [5.41, 5.74) is 0.762. The van der Waals surface area contributed by atoms with E-state index in [4.69, 9.17) is 9.47 Å². The van der Waals surface area contributed by atoms with Gasteiger partial charge in [0.15, 0.2) is 11.5 Å². The second kappa shape index (κ2) is 7.50. The Kier molecular flexibility index (Phi) is 5.42. The van der Waals surface area contributed by atoms with Crippen LogP contribution in [0.15, 0.2) is 48.5 Å². The zero-order chi connectivity index (χ0) is 15.9. The molecule has 22 heavy (non-hydrogen) atoms. The third kappa shape index (κ3) is 4.01. The van der Waals surface area contributed by atoms with E-state index in [0.29, 0.717) is 17.2 Å². The summed E-state index contributed by atoms with van der Waals surface area (Å²) >= 11 is 0. The maximum Gasteiger partial charge on any atom is 0.227 e. The van der Waals surface area contributed by atoms with Crippen LogP contribution in [0.1, 0.15) is 20.3 Å². The predicted molar refractivity (Wildman–Crippen MR) is 87.6 cm³/mol. The molecular weight excluding hydrogens is 278 g/mol. The maximum absolute atomic E-state index is 11.8. The van der Waals surface area contributed by atoms with Crippen molar-refractivity contribution in [1.82, 2.24) is 0 Å². The van der Waals surface area contributed by atoms with Crippen LogP contribution in [0.3, 0.4) is 0 Å². The zero-order valence-corrected chi connectivity index (χ0v) is 13.1. The van der Waals surface area contributed by atoms with Crippen LogP contribution >= 0.6 is 0 Å². The number of hydrogen-bond acceptors (Lipinski definition) is 3. The van der Waals surface area contributed by atoms with Gasteiger partial charge in [0.2, 0.25) is 5.91 Å². The van der Waals surface area contributed by atoms with Crippen LogP contribution in [0, 0.1) is 5.92 Å². The fraction of sp³-hybridized carbons (Fsp3) is 0.278. The fourth-order valence-corrected chi connectivity index (χ4v) is 1.89. The Bertz CT molecular complexity index is 622. The zero-order valence-electron chi connectivity index (χ0n) is 13.1. The van der Waals surface area contributed by atoms with Gasteiger partial charge in [-0.1, -0.05) is 26.0 Å². The molecule has 0 fully saturated rings. The van der Waals surface area contributed by atoms with Crippen molar-refractivity contribution < 1.29 is 14.3 Å². The lowest BCUT2D eigenvalue weighted by molar-refractivity contribution is -0.119. The molecule has 4 nitrogen and oxygen atoms in total. The molecule has 0 spiro atoms. The smallest absolute Gasteiger partial charge is 0.227 e. The lowest BCUT2D eigenvalue weighted by Crippen LogP contribution is -2.19. The van der Waals surface area contributed by atoms with Gasteiger partial charge in [-0.3, -0.25) is 4.79 Å². The molecule has 0 saturated heterocycles. The van der Waals surface area contributed by atoms with Crippen molar-refractivity contribution in [3.63, 3.8) is 0 Å². The molecule has 0 aromatic heterocycles. The van der Waals surface area contributed by atoms with Gasteiger partial charge in [-0.25, -0.2) is 0 Å². The van der Waals surface area contributed by atoms with E-state index in [0.717, 1.165) is 12.1 Å². The standard InChI is InChI=1S/C18H21NO3/c1-4-13(2)18(20)19-14-9-11-15(12-10-14)22-17-8-6-5-7-16(17)21-3/h5-13H,4H2,1-3H3,(H,19,20)/t13-/m1/s1. The number of carbonyl (C=O) groups is 1. The molecule has 0 radical (unpaired) electrons. The molecule has 0 aliphatic carbocycles. The van der Waals surface area contributed by atoms with Crippen molar-refractivity contribution in [2.75, 3.05) is 12.4 Å². The summed E-state index contributed by atoms with van der Waals surface area (Å²) in [6.45, 7) is 3.91. The lowest BCUT2D eigenvalue weighted by Gasteiger charge is -2.12. The quantitative estimate of drug-likeness (QED) is 0.856. The van der Waals surface area contributed by atoms with Crippen molar-refractivity contribution in [1.29, 1.82) is 0 Å². The van der Waals surface area contributed by atoms with Gasteiger partial charge in [0, 0.05) is 11.6 Å². The number of amides is 1. The number of rotatable bonds is 6. The molecule has 0 aliphatic rings. The second-order valence-electron chi connectivity index (χ2n) is 5.08. The van der Waals surface area contributed by atoms with E-state index in [9.17, 15) is 4.79 Å². The van der Waals surface area contributed by atoms with Crippen LogP contribution in [0.5, 0.6) is 17.2 Å². The first kappa shape index (κ1) is 15.9. The summed E-state index contributed by atoms with van der Waals surface area (Å²) in [7, 11) is 1.61. The molecule has 0 bridgehead atoms. The molecule has 0 aliphatic heterocycles. The monoisotopic (exact) mass is 299 g/mol. The molecule has 1 amide bonds. The second-order valence-corrected chi connectivity index (χ2v) is 5.08. The fourth-order valence-electron chi connectivity index (χ4n) is 1.89. The first-order chi connectivity index (χ1) is 10.6. The molecule has 116 valence electrons. The Balaban J connectivity index is 2.04. The number of benzene rings is 2. The van der Waals surface area contributed by atoms with Crippen molar-refractivity contribution in [3.8, 4) is 17.2 Å². The normalized spacial score (nSPS) is 11.6. The van der Waals surface area contributed by atoms with Gasteiger partial charge in [0.25, 0.3) is 0 Å². The third-order valence-corrected chi connectivity index (χ3v) is 3.48. The summed E-state index contributed by atoms with van der Waals surface area (Å²) < 4.78 is 11.0. The molecule has 1 atom stereocenters. The van der Waals surface area contributed by atoms with Gasteiger partial charge in [0.1, 0.15) is 5.75 Å².